The fourth-order valence-electron chi connectivity index (χ4n) is 2.48. The van der Waals surface area contributed by atoms with E-state index in [1.54, 1.807) is 19.2 Å². The second kappa shape index (κ2) is 9.74. The first-order valence-corrected chi connectivity index (χ1v) is 9.30. The van der Waals surface area contributed by atoms with E-state index in [1.165, 1.54) is 4.90 Å². The molecule has 2 amide bonds. The zero-order chi connectivity index (χ0) is 20.0. The lowest BCUT2D eigenvalue weighted by Gasteiger charge is -2.20. The van der Waals surface area contributed by atoms with Crippen molar-refractivity contribution in [2.45, 2.75) is 19.9 Å². The smallest absolute Gasteiger partial charge is 0.243 e. The monoisotopic (exact) mass is 407 g/mol. The molecule has 0 heterocycles. The van der Waals surface area contributed by atoms with Crippen molar-refractivity contribution < 1.29 is 9.59 Å². The first kappa shape index (κ1) is 21.2. The lowest BCUT2D eigenvalue weighted by molar-refractivity contribution is -0.132. The molecule has 5 nitrogen and oxygen atoms in total. The van der Waals surface area contributed by atoms with Gasteiger partial charge in [-0.1, -0.05) is 47.0 Å². The van der Waals surface area contributed by atoms with Crippen LogP contribution in [0.25, 0.3) is 0 Å². The van der Waals surface area contributed by atoms with Gasteiger partial charge in [-0.3, -0.25) is 9.59 Å². The molecule has 0 saturated carbocycles. The predicted molar refractivity (Wildman–Crippen MR) is 110 cm³/mol. The highest BCUT2D eigenvalue weighted by Crippen LogP contribution is 2.25. The molecule has 0 spiro atoms. The number of rotatable bonds is 7. The van der Waals surface area contributed by atoms with E-state index < -0.39 is 0 Å². The van der Waals surface area contributed by atoms with Gasteiger partial charge in [0, 0.05) is 28.8 Å². The second-order valence-electron chi connectivity index (χ2n) is 6.43. The van der Waals surface area contributed by atoms with Crippen LogP contribution in [0.1, 0.15) is 24.1 Å². The molecular formula is C20H23Cl2N3O2. The summed E-state index contributed by atoms with van der Waals surface area (Å²) in [4.78, 5) is 25.8. The number of aryl methyl sites for hydroxylation is 1. The van der Waals surface area contributed by atoms with Gasteiger partial charge >= 0.3 is 0 Å². The molecule has 0 aliphatic rings. The van der Waals surface area contributed by atoms with Crippen molar-refractivity contribution in [3.8, 4) is 0 Å². The molecule has 0 bridgehead atoms. The molecule has 0 aliphatic heterocycles. The summed E-state index contributed by atoms with van der Waals surface area (Å²) in [6.45, 7) is 3.95. The fraction of sp³-hybridized carbons (Fsp3) is 0.300. The lowest BCUT2D eigenvalue weighted by Crippen LogP contribution is -2.40. The van der Waals surface area contributed by atoms with Gasteiger partial charge in [0.15, 0.2) is 0 Å². The van der Waals surface area contributed by atoms with Crippen LogP contribution in [0.2, 0.25) is 10.0 Å². The molecular weight excluding hydrogens is 385 g/mol. The van der Waals surface area contributed by atoms with Crippen LogP contribution in [0.5, 0.6) is 0 Å². The molecule has 1 atom stereocenters. The highest BCUT2D eigenvalue weighted by molar-refractivity contribution is 6.35. The summed E-state index contributed by atoms with van der Waals surface area (Å²) in [5.74, 6) is -0.436. The molecule has 0 aliphatic carbocycles. The lowest BCUT2D eigenvalue weighted by atomic mass is 10.1. The number of likely N-dealkylation sites (N-methyl/N-ethyl adjacent to an activating group) is 1. The van der Waals surface area contributed by atoms with Gasteiger partial charge in [0.2, 0.25) is 11.8 Å². The summed E-state index contributed by atoms with van der Waals surface area (Å²) in [5.41, 5.74) is 2.67. The van der Waals surface area contributed by atoms with Crippen molar-refractivity contribution in [1.29, 1.82) is 0 Å². The number of carbonyl (C=O) groups is 2. The first-order valence-electron chi connectivity index (χ1n) is 8.55. The molecule has 0 saturated heterocycles. The third-order valence-corrected chi connectivity index (χ3v) is 4.69. The fourth-order valence-corrected chi connectivity index (χ4v) is 3.05. The number of nitrogens with zero attached hydrogens (tertiary/aromatic N) is 1. The molecule has 7 heteroatoms. The Hall–Kier alpha value is -2.08. The number of anilines is 1. The summed E-state index contributed by atoms with van der Waals surface area (Å²) in [6, 6.07) is 12.6. The van der Waals surface area contributed by atoms with Crippen LogP contribution < -0.4 is 10.6 Å². The molecule has 0 radical (unpaired) electrons. The molecule has 2 rings (SSSR count). The third-order valence-electron chi connectivity index (χ3n) is 4.13. The van der Waals surface area contributed by atoms with Crippen LogP contribution in [0.15, 0.2) is 42.5 Å². The minimum Gasteiger partial charge on any atom is -0.335 e. The van der Waals surface area contributed by atoms with Crippen LogP contribution in [0.4, 0.5) is 5.69 Å². The van der Waals surface area contributed by atoms with E-state index >= 15 is 0 Å². The van der Waals surface area contributed by atoms with E-state index in [2.05, 4.69) is 10.6 Å². The Morgan fingerprint density at radius 3 is 2.41 bits per heavy atom. The van der Waals surface area contributed by atoms with Crippen molar-refractivity contribution in [2.75, 3.05) is 25.5 Å². The van der Waals surface area contributed by atoms with Gasteiger partial charge in [-0.2, -0.15) is 0 Å². The van der Waals surface area contributed by atoms with Crippen molar-refractivity contribution in [3.63, 3.8) is 0 Å². The van der Waals surface area contributed by atoms with Gasteiger partial charge in [-0.25, -0.2) is 0 Å². The largest absolute Gasteiger partial charge is 0.335 e. The first-order chi connectivity index (χ1) is 12.8. The molecule has 2 N–H and O–H groups in total. The average molecular weight is 408 g/mol. The van der Waals surface area contributed by atoms with Gasteiger partial charge < -0.3 is 15.5 Å². The number of nitrogens with one attached hydrogen (secondary N) is 2. The number of hydrogen-bond donors (Lipinski definition) is 2. The summed E-state index contributed by atoms with van der Waals surface area (Å²) in [5, 5.41) is 7.00. The SMILES string of the molecule is Cc1ccc(NC(=O)CN(C)C(=O)CN[C@@H](C)c2ccc(Cl)cc2Cl)cc1. The van der Waals surface area contributed by atoms with Crippen LogP contribution in [0.3, 0.4) is 0 Å². The predicted octanol–water partition coefficient (Wildman–Crippen LogP) is 4.05. The van der Waals surface area contributed by atoms with E-state index in [4.69, 9.17) is 23.2 Å². The minimum absolute atomic E-state index is 0.0233. The molecule has 0 aromatic heterocycles. The highest BCUT2D eigenvalue weighted by Gasteiger charge is 2.16. The summed E-state index contributed by atoms with van der Waals surface area (Å²) < 4.78 is 0. The Bertz CT molecular complexity index is 809. The van der Waals surface area contributed by atoms with Gasteiger partial charge in [0.1, 0.15) is 0 Å². The molecule has 27 heavy (non-hydrogen) atoms. The average Bonchev–Trinajstić information content (AvgIpc) is 2.61. The van der Waals surface area contributed by atoms with E-state index in [0.717, 1.165) is 11.1 Å². The van der Waals surface area contributed by atoms with Crippen LogP contribution in [-0.2, 0) is 9.59 Å². The maximum atomic E-state index is 12.3. The molecule has 2 aromatic rings. The Labute approximate surface area is 169 Å². The van der Waals surface area contributed by atoms with Crippen molar-refractivity contribution in [1.82, 2.24) is 10.2 Å². The molecule has 0 fully saturated rings. The summed E-state index contributed by atoms with van der Waals surface area (Å²) in [7, 11) is 1.60. The molecule has 2 aromatic carbocycles. The van der Waals surface area contributed by atoms with Gasteiger partial charge in [0.25, 0.3) is 0 Å². The zero-order valence-electron chi connectivity index (χ0n) is 15.6. The number of benzene rings is 2. The Balaban J connectivity index is 1.82. The standard InChI is InChI=1S/C20H23Cl2N3O2/c1-13-4-7-16(8-5-13)24-19(26)12-25(3)20(27)11-23-14(2)17-9-6-15(21)10-18(17)22/h4-10,14,23H,11-12H2,1-3H3,(H,24,26)/t14-/m0/s1. The topological polar surface area (TPSA) is 61.4 Å². The van der Waals surface area contributed by atoms with Gasteiger partial charge in [0.05, 0.1) is 13.1 Å². The maximum absolute atomic E-state index is 12.3. The number of halogens is 2. The van der Waals surface area contributed by atoms with E-state index in [1.807, 2.05) is 44.2 Å². The van der Waals surface area contributed by atoms with Crippen molar-refractivity contribution in [2.24, 2.45) is 0 Å². The summed E-state index contributed by atoms with van der Waals surface area (Å²) in [6.07, 6.45) is 0. The van der Waals surface area contributed by atoms with Gasteiger partial charge in [-0.05, 0) is 43.7 Å². The van der Waals surface area contributed by atoms with Crippen molar-refractivity contribution in [3.05, 3.63) is 63.6 Å². The van der Waals surface area contributed by atoms with E-state index in [-0.39, 0.29) is 30.9 Å². The quantitative estimate of drug-likeness (QED) is 0.727. The number of hydrogen-bond acceptors (Lipinski definition) is 3. The zero-order valence-corrected chi connectivity index (χ0v) is 17.1. The molecule has 0 unspecified atom stereocenters. The highest BCUT2D eigenvalue weighted by atomic mass is 35.5. The Morgan fingerprint density at radius 1 is 1.11 bits per heavy atom. The van der Waals surface area contributed by atoms with Crippen LogP contribution in [-0.4, -0.2) is 36.9 Å². The van der Waals surface area contributed by atoms with E-state index in [9.17, 15) is 9.59 Å². The van der Waals surface area contributed by atoms with Crippen LogP contribution in [0, 0.1) is 6.92 Å². The van der Waals surface area contributed by atoms with E-state index in [0.29, 0.717) is 15.7 Å². The normalized spacial score (nSPS) is 11.7. The maximum Gasteiger partial charge on any atom is 0.243 e. The van der Waals surface area contributed by atoms with Gasteiger partial charge in [-0.15, -0.1) is 0 Å². The number of carbonyl (C=O) groups excluding carboxylic acids is 2. The number of amides is 2. The summed E-state index contributed by atoms with van der Waals surface area (Å²) >= 11 is 12.1. The minimum atomic E-state index is -0.247. The molecule has 144 valence electrons. The Morgan fingerprint density at radius 2 is 1.78 bits per heavy atom. The second-order valence-corrected chi connectivity index (χ2v) is 7.28. The Kier molecular flexibility index (Phi) is 7.66. The van der Waals surface area contributed by atoms with Crippen LogP contribution >= 0.6 is 23.2 Å². The van der Waals surface area contributed by atoms with Crippen molar-refractivity contribution >= 4 is 40.7 Å². The third kappa shape index (κ3) is 6.54.